The molecule has 2 aromatic carbocycles. The predicted octanol–water partition coefficient (Wildman–Crippen LogP) is 4.92. The molecule has 0 aliphatic carbocycles. The Morgan fingerprint density at radius 1 is 1.07 bits per heavy atom. The number of hydrogen-bond donors (Lipinski definition) is 0. The fourth-order valence-electron chi connectivity index (χ4n) is 2.37. The molecule has 0 aliphatic rings. The molecular weight excluding hydrogens is 477 g/mol. The van der Waals surface area contributed by atoms with Crippen LogP contribution in [0, 0.1) is 0 Å². The molecule has 6 nitrogen and oxygen atoms in total. The number of hydrogen-bond acceptors (Lipinski definition) is 6. The fraction of sp³-hybridized carbons (Fsp3) is 0.222. The zero-order chi connectivity index (χ0) is 21.0. The standard InChI is InChI=1S/C18H16Cl3N3O3S2/c1-24-17(11-27-15-5-3-2-4-13(15)20)22-23-18(24)28-8-9-29(25,26)16-10-12(19)6-7-14(16)21/h2-7,10H,8-9,11H2,1H3. The second kappa shape index (κ2) is 9.57. The maximum atomic E-state index is 12.5. The van der Waals surface area contributed by atoms with Gasteiger partial charge in [-0.1, -0.05) is 58.7 Å². The monoisotopic (exact) mass is 491 g/mol. The van der Waals surface area contributed by atoms with E-state index in [1.165, 1.54) is 23.9 Å². The highest BCUT2D eigenvalue weighted by Gasteiger charge is 2.19. The molecule has 29 heavy (non-hydrogen) atoms. The van der Waals surface area contributed by atoms with E-state index in [0.717, 1.165) is 0 Å². The van der Waals surface area contributed by atoms with E-state index in [9.17, 15) is 8.42 Å². The van der Waals surface area contributed by atoms with Crippen LogP contribution in [0.2, 0.25) is 15.1 Å². The molecule has 0 fully saturated rings. The van der Waals surface area contributed by atoms with Gasteiger partial charge in [0, 0.05) is 17.8 Å². The molecule has 0 unspecified atom stereocenters. The van der Waals surface area contributed by atoms with E-state index in [0.29, 0.717) is 26.8 Å². The predicted molar refractivity (Wildman–Crippen MR) is 116 cm³/mol. The first-order valence-corrected chi connectivity index (χ1v) is 12.1. The minimum atomic E-state index is -3.57. The van der Waals surface area contributed by atoms with Crippen LogP contribution in [0.4, 0.5) is 0 Å². The van der Waals surface area contributed by atoms with Crippen LogP contribution in [0.3, 0.4) is 0 Å². The molecule has 3 aromatic rings. The van der Waals surface area contributed by atoms with Crippen LogP contribution in [0.15, 0.2) is 52.5 Å². The average molecular weight is 493 g/mol. The summed E-state index contributed by atoms with van der Waals surface area (Å²) in [7, 11) is -1.79. The highest BCUT2D eigenvalue weighted by Crippen LogP contribution is 2.27. The van der Waals surface area contributed by atoms with E-state index in [-0.39, 0.29) is 28.0 Å². The van der Waals surface area contributed by atoms with Crippen LogP contribution in [0.25, 0.3) is 0 Å². The summed E-state index contributed by atoms with van der Waals surface area (Å²) in [6.45, 7) is 0.185. The summed E-state index contributed by atoms with van der Waals surface area (Å²) in [6.07, 6.45) is 0. The molecule has 0 saturated heterocycles. The summed E-state index contributed by atoms with van der Waals surface area (Å²) < 4.78 is 32.5. The number of ether oxygens (including phenoxy) is 1. The van der Waals surface area contributed by atoms with E-state index >= 15 is 0 Å². The van der Waals surface area contributed by atoms with Gasteiger partial charge in [0.1, 0.15) is 12.4 Å². The lowest BCUT2D eigenvalue weighted by atomic mass is 10.3. The summed E-state index contributed by atoms with van der Waals surface area (Å²) in [4.78, 5) is 0.0269. The maximum Gasteiger partial charge on any atom is 0.191 e. The number of rotatable bonds is 8. The molecule has 3 rings (SSSR count). The first-order valence-electron chi connectivity index (χ1n) is 8.34. The highest BCUT2D eigenvalue weighted by atomic mass is 35.5. The Bertz CT molecular complexity index is 1120. The number of aromatic nitrogens is 3. The summed E-state index contributed by atoms with van der Waals surface area (Å²) in [5.41, 5.74) is 0. The SMILES string of the molecule is Cn1c(COc2ccccc2Cl)nnc1SCCS(=O)(=O)c1cc(Cl)ccc1Cl. The zero-order valence-corrected chi connectivity index (χ0v) is 19.1. The Labute approximate surface area is 188 Å². The normalized spacial score (nSPS) is 11.6. The Kier molecular flexibility index (Phi) is 7.34. The van der Waals surface area contributed by atoms with E-state index < -0.39 is 9.84 Å². The average Bonchev–Trinajstić information content (AvgIpc) is 3.03. The first-order chi connectivity index (χ1) is 13.8. The molecule has 1 aromatic heterocycles. The molecule has 11 heteroatoms. The van der Waals surface area contributed by atoms with Crippen molar-refractivity contribution in [2.45, 2.75) is 16.7 Å². The van der Waals surface area contributed by atoms with Crippen molar-refractivity contribution >= 4 is 56.4 Å². The topological polar surface area (TPSA) is 74.1 Å². The molecule has 0 N–H and O–H groups in total. The van der Waals surface area contributed by atoms with E-state index in [2.05, 4.69) is 10.2 Å². The number of sulfone groups is 1. The Hall–Kier alpha value is -1.45. The maximum absolute atomic E-state index is 12.5. The summed E-state index contributed by atoms with van der Waals surface area (Å²) in [5, 5.41) is 9.74. The van der Waals surface area contributed by atoms with Crippen LogP contribution < -0.4 is 4.74 Å². The molecule has 0 radical (unpaired) electrons. The van der Waals surface area contributed by atoms with Crippen molar-refractivity contribution < 1.29 is 13.2 Å². The molecule has 154 valence electrons. The molecule has 1 heterocycles. The lowest BCUT2D eigenvalue weighted by Gasteiger charge is -2.08. The Balaban J connectivity index is 1.60. The molecule has 0 spiro atoms. The van der Waals surface area contributed by atoms with Gasteiger partial charge in [0.25, 0.3) is 0 Å². The van der Waals surface area contributed by atoms with Crippen LogP contribution in [0.1, 0.15) is 5.82 Å². The van der Waals surface area contributed by atoms with Gasteiger partial charge in [0.05, 0.1) is 20.7 Å². The number of halogens is 3. The van der Waals surface area contributed by atoms with Gasteiger partial charge in [0.2, 0.25) is 0 Å². The van der Waals surface area contributed by atoms with Gasteiger partial charge in [-0.2, -0.15) is 0 Å². The lowest BCUT2D eigenvalue weighted by molar-refractivity contribution is 0.290. The quantitative estimate of drug-likeness (QED) is 0.416. The molecule has 0 aliphatic heterocycles. The summed E-state index contributed by atoms with van der Waals surface area (Å²) in [6, 6.07) is 11.5. The van der Waals surface area contributed by atoms with Crippen molar-refractivity contribution in [3.05, 3.63) is 63.4 Å². The van der Waals surface area contributed by atoms with Gasteiger partial charge >= 0.3 is 0 Å². The van der Waals surface area contributed by atoms with E-state index in [1.807, 2.05) is 12.1 Å². The van der Waals surface area contributed by atoms with Gasteiger partial charge in [0.15, 0.2) is 20.8 Å². The number of benzene rings is 2. The van der Waals surface area contributed by atoms with Crippen molar-refractivity contribution in [2.24, 2.45) is 7.05 Å². The highest BCUT2D eigenvalue weighted by molar-refractivity contribution is 8.00. The second-order valence-electron chi connectivity index (χ2n) is 5.92. The van der Waals surface area contributed by atoms with Crippen LogP contribution >= 0.6 is 46.6 Å². The van der Waals surface area contributed by atoms with Crippen LogP contribution in [-0.2, 0) is 23.5 Å². The van der Waals surface area contributed by atoms with Crippen LogP contribution in [0.5, 0.6) is 5.75 Å². The second-order valence-corrected chi connectivity index (χ2v) is 10.3. The Morgan fingerprint density at radius 3 is 2.59 bits per heavy atom. The van der Waals surface area contributed by atoms with Crippen molar-refractivity contribution in [1.29, 1.82) is 0 Å². The number of thioether (sulfide) groups is 1. The van der Waals surface area contributed by atoms with E-state index in [4.69, 9.17) is 39.5 Å². The molecule has 0 bridgehead atoms. The minimum Gasteiger partial charge on any atom is -0.484 e. The minimum absolute atomic E-state index is 0.0269. The number of nitrogens with zero attached hydrogens (tertiary/aromatic N) is 3. The summed E-state index contributed by atoms with van der Waals surface area (Å²) in [5.74, 6) is 1.31. The fourth-order valence-corrected chi connectivity index (χ4v) is 5.95. The van der Waals surface area contributed by atoms with E-state index in [1.54, 1.807) is 29.8 Å². The number of para-hydroxylation sites is 1. The molecular formula is C18H16Cl3N3O3S2. The summed E-state index contributed by atoms with van der Waals surface area (Å²) >= 11 is 19.2. The van der Waals surface area contributed by atoms with Gasteiger partial charge in [-0.15, -0.1) is 10.2 Å². The smallest absolute Gasteiger partial charge is 0.191 e. The third-order valence-corrected chi connectivity index (χ3v) is 7.95. The van der Waals surface area contributed by atoms with Crippen molar-refractivity contribution in [1.82, 2.24) is 14.8 Å². The lowest BCUT2D eigenvalue weighted by Crippen LogP contribution is -2.10. The van der Waals surface area contributed by atoms with Crippen molar-refractivity contribution in [2.75, 3.05) is 11.5 Å². The van der Waals surface area contributed by atoms with Crippen molar-refractivity contribution in [3.8, 4) is 5.75 Å². The Morgan fingerprint density at radius 2 is 1.83 bits per heavy atom. The van der Waals surface area contributed by atoms with Gasteiger partial charge in [-0.25, -0.2) is 8.42 Å². The first kappa shape index (κ1) is 22.2. The third kappa shape index (κ3) is 5.58. The molecule has 0 amide bonds. The van der Waals surface area contributed by atoms with Gasteiger partial charge in [-0.05, 0) is 30.3 Å². The largest absolute Gasteiger partial charge is 0.484 e. The van der Waals surface area contributed by atoms with Gasteiger partial charge in [-0.3, -0.25) is 0 Å². The van der Waals surface area contributed by atoms with Gasteiger partial charge < -0.3 is 9.30 Å². The van der Waals surface area contributed by atoms with Crippen molar-refractivity contribution in [3.63, 3.8) is 0 Å². The third-order valence-electron chi connectivity index (χ3n) is 3.93. The van der Waals surface area contributed by atoms with Crippen LogP contribution in [-0.4, -0.2) is 34.7 Å². The molecule has 0 saturated carbocycles. The molecule has 0 atom stereocenters. The zero-order valence-electron chi connectivity index (χ0n) is 15.2.